The number of benzene rings is 3. The van der Waals surface area contributed by atoms with Crippen LogP contribution in [0.1, 0.15) is 27.0 Å². The van der Waals surface area contributed by atoms with Crippen molar-refractivity contribution in [1.29, 1.82) is 0 Å². The fourth-order valence-electron chi connectivity index (χ4n) is 3.86. The van der Waals surface area contributed by atoms with Crippen LogP contribution in [0.4, 0.5) is 0 Å². The molecule has 174 valence electrons. The normalized spacial score (nSPS) is 11.0. The molecule has 0 unspecified atom stereocenters. The average molecular weight is 459 g/mol. The van der Waals surface area contributed by atoms with Crippen LogP contribution in [0.25, 0.3) is 10.9 Å². The summed E-state index contributed by atoms with van der Waals surface area (Å²) in [5.74, 6) is -0.384. The molecule has 0 aliphatic carbocycles. The SMILES string of the molecule is CON(Cc1ccccc1)C(=O)c1ccc2c(c1)c(=O)n(Cc1ccc(CN)cc1)c(=O)n2C. The van der Waals surface area contributed by atoms with Gasteiger partial charge in [-0.15, -0.1) is 0 Å². The maximum atomic E-state index is 13.3. The maximum absolute atomic E-state index is 13.3. The van der Waals surface area contributed by atoms with Gasteiger partial charge in [-0.1, -0.05) is 54.6 Å². The second-order valence-electron chi connectivity index (χ2n) is 8.00. The van der Waals surface area contributed by atoms with Crippen molar-refractivity contribution in [2.45, 2.75) is 19.6 Å². The molecule has 2 N–H and O–H groups in total. The second-order valence-corrected chi connectivity index (χ2v) is 8.00. The Morgan fingerprint density at radius 3 is 2.26 bits per heavy atom. The van der Waals surface area contributed by atoms with Gasteiger partial charge >= 0.3 is 5.69 Å². The minimum absolute atomic E-state index is 0.114. The number of carbonyl (C=O) groups excluding carboxylic acids is 1. The molecule has 4 aromatic rings. The number of aromatic nitrogens is 2. The maximum Gasteiger partial charge on any atom is 0.331 e. The van der Waals surface area contributed by atoms with Gasteiger partial charge in [-0.2, -0.15) is 0 Å². The van der Waals surface area contributed by atoms with Crippen LogP contribution < -0.4 is 17.0 Å². The fraction of sp³-hybridized carbons (Fsp3) is 0.192. The number of carbonyl (C=O) groups is 1. The van der Waals surface area contributed by atoms with E-state index in [-0.39, 0.29) is 24.4 Å². The molecule has 0 bridgehead atoms. The number of rotatable bonds is 7. The molecule has 1 amide bonds. The Balaban J connectivity index is 1.72. The Labute approximate surface area is 196 Å². The van der Waals surface area contributed by atoms with E-state index in [0.29, 0.717) is 17.6 Å². The van der Waals surface area contributed by atoms with E-state index in [9.17, 15) is 14.4 Å². The zero-order valence-electron chi connectivity index (χ0n) is 19.1. The molecule has 3 aromatic carbocycles. The first-order chi connectivity index (χ1) is 16.4. The molecule has 0 saturated heterocycles. The van der Waals surface area contributed by atoms with E-state index in [2.05, 4.69) is 0 Å². The summed E-state index contributed by atoms with van der Waals surface area (Å²) in [7, 11) is 3.03. The van der Waals surface area contributed by atoms with Crippen LogP contribution in [0.15, 0.2) is 82.4 Å². The number of hydrogen-bond acceptors (Lipinski definition) is 5. The number of fused-ring (bicyclic) bond motifs is 1. The van der Waals surface area contributed by atoms with Crippen LogP contribution in [0, 0.1) is 0 Å². The van der Waals surface area contributed by atoms with Gasteiger partial charge in [-0.05, 0) is 34.9 Å². The molecule has 0 saturated carbocycles. The first-order valence-corrected chi connectivity index (χ1v) is 10.8. The van der Waals surface area contributed by atoms with Gasteiger partial charge in [0, 0.05) is 19.2 Å². The molecule has 0 spiro atoms. The summed E-state index contributed by atoms with van der Waals surface area (Å²) in [6, 6.07) is 21.6. The Morgan fingerprint density at radius 1 is 0.941 bits per heavy atom. The highest BCUT2D eigenvalue weighted by atomic mass is 16.7. The van der Waals surface area contributed by atoms with Crippen LogP contribution in [0.2, 0.25) is 0 Å². The molecule has 34 heavy (non-hydrogen) atoms. The third kappa shape index (κ3) is 4.54. The van der Waals surface area contributed by atoms with E-state index >= 15 is 0 Å². The minimum Gasteiger partial charge on any atom is -0.326 e. The van der Waals surface area contributed by atoms with Crippen LogP contribution >= 0.6 is 0 Å². The third-order valence-electron chi connectivity index (χ3n) is 5.81. The van der Waals surface area contributed by atoms with Crippen molar-refractivity contribution in [2.24, 2.45) is 12.8 Å². The highest BCUT2D eigenvalue weighted by Crippen LogP contribution is 2.15. The van der Waals surface area contributed by atoms with Gasteiger partial charge in [0.15, 0.2) is 0 Å². The molecule has 8 nitrogen and oxygen atoms in total. The van der Waals surface area contributed by atoms with E-state index < -0.39 is 11.2 Å². The van der Waals surface area contributed by atoms with E-state index in [1.54, 1.807) is 19.2 Å². The third-order valence-corrected chi connectivity index (χ3v) is 5.81. The minimum atomic E-state index is -0.456. The molecular formula is C26H26N4O4. The summed E-state index contributed by atoms with van der Waals surface area (Å²) in [6.45, 7) is 0.782. The van der Waals surface area contributed by atoms with Crippen LogP contribution in [0.5, 0.6) is 0 Å². The highest BCUT2D eigenvalue weighted by molar-refractivity contribution is 5.97. The number of hydrogen-bond donors (Lipinski definition) is 1. The first kappa shape index (κ1) is 23.2. The zero-order valence-corrected chi connectivity index (χ0v) is 19.1. The Hall–Kier alpha value is -4.01. The summed E-state index contributed by atoms with van der Waals surface area (Å²) < 4.78 is 2.59. The lowest BCUT2D eigenvalue weighted by Gasteiger charge is -2.20. The number of hydroxylamine groups is 2. The number of amides is 1. The number of nitrogens with zero attached hydrogens (tertiary/aromatic N) is 3. The van der Waals surface area contributed by atoms with Crippen molar-refractivity contribution < 1.29 is 9.63 Å². The molecule has 1 heterocycles. The molecule has 0 radical (unpaired) electrons. The zero-order chi connectivity index (χ0) is 24.2. The van der Waals surface area contributed by atoms with E-state index in [1.807, 2.05) is 54.6 Å². The van der Waals surface area contributed by atoms with Gasteiger partial charge in [0.25, 0.3) is 11.5 Å². The van der Waals surface area contributed by atoms with Gasteiger partial charge < -0.3 is 5.73 Å². The smallest absolute Gasteiger partial charge is 0.326 e. The molecule has 0 fully saturated rings. The monoisotopic (exact) mass is 458 g/mol. The lowest BCUT2D eigenvalue weighted by molar-refractivity contribution is -0.102. The van der Waals surface area contributed by atoms with Gasteiger partial charge in [0.05, 0.1) is 31.1 Å². The Kier molecular flexibility index (Phi) is 6.72. The van der Waals surface area contributed by atoms with Crippen molar-refractivity contribution in [3.8, 4) is 0 Å². The predicted molar refractivity (Wildman–Crippen MR) is 130 cm³/mol. The molecule has 0 aliphatic heterocycles. The molecular weight excluding hydrogens is 432 g/mol. The highest BCUT2D eigenvalue weighted by Gasteiger charge is 2.19. The van der Waals surface area contributed by atoms with E-state index in [1.165, 1.54) is 27.4 Å². The van der Waals surface area contributed by atoms with Crippen molar-refractivity contribution in [1.82, 2.24) is 14.2 Å². The van der Waals surface area contributed by atoms with E-state index in [0.717, 1.165) is 16.7 Å². The lowest BCUT2D eigenvalue weighted by atomic mass is 10.1. The van der Waals surface area contributed by atoms with E-state index in [4.69, 9.17) is 10.6 Å². The fourth-order valence-corrected chi connectivity index (χ4v) is 3.86. The number of nitrogens with two attached hydrogens (primary N) is 1. The first-order valence-electron chi connectivity index (χ1n) is 10.8. The predicted octanol–water partition coefficient (Wildman–Crippen LogP) is 2.41. The summed E-state index contributed by atoms with van der Waals surface area (Å²) in [5, 5.41) is 1.51. The molecule has 0 aliphatic rings. The van der Waals surface area contributed by atoms with Crippen molar-refractivity contribution >= 4 is 16.8 Å². The van der Waals surface area contributed by atoms with Gasteiger partial charge in [0.1, 0.15) is 0 Å². The van der Waals surface area contributed by atoms with Crippen LogP contribution in [0.3, 0.4) is 0 Å². The molecule has 8 heteroatoms. The standard InChI is InChI=1S/C26H26N4O4/c1-28-23-13-12-21(24(31)30(34-2)17-19-6-4-3-5-7-19)14-22(23)25(32)29(26(28)33)16-20-10-8-18(15-27)9-11-20/h3-14H,15-17,27H2,1-2H3. The van der Waals surface area contributed by atoms with Gasteiger partial charge in [-0.25, -0.2) is 9.86 Å². The lowest BCUT2D eigenvalue weighted by Crippen LogP contribution is -2.39. The second kappa shape index (κ2) is 9.86. The van der Waals surface area contributed by atoms with Crippen molar-refractivity contribution in [3.63, 3.8) is 0 Å². The van der Waals surface area contributed by atoms with Crippen molar-refractivity contribution in [2.75, 3.05) is 7.11 Å². The molecule has 1 aromatic heterocycles. The largest absolute Gasteiger partial charge is 0.331 e. The summed E-state index contributed by atoms with van der Waals surface area (Å²) in [6.07, 6.45) is 0. The molecule has 0 atom stereocenters. The van der Waals surface area contributed by atoms with Crippen molar-refractivity contribution in [3.05, 3.63) is 116 Å². The topological polar surface area (TPSA) is 99.6 Å². The van der Waals surface area contributed by atoms with Crippen LogP contribution in [-0.4, -0.2) is 27.2 Å². The number of aryl methyl sites for hydroxylation is 1. The Bertz CT molecular complexity index is 1440. The molecule has 4 rings (SSSR count). The average Bonchev–Trinajstić information content (AvgIpc) is 2.88. The summed E-state index contributed by atoms with van der Waals surface area (Å²) in [5.41, 5.74) is 8.18. The van der Waals surface area contributed by atoms with Gasteiger partial charge in [0.2, 0.25) is 0 Å². The van der Waals surface area contributed by atoms with Gasteiger partial charge in [-0.3, -0.25) is 23.6 Å². The Morgan fingerprint density at radius 2 is 1.62 bits per heavy atom. The van der Waals surface area contributed by atoms with Crippen LogP contribution in [-0.2, 0) is 31.5 Å². The summed E-state index contributed by atoms with van der Waals surface area (Å²) >= 11 is 0. The summed E-state index contributed by atoms with van der Waals surface area (Å²) in [4.78, 5) is 44.7. The quantitative estimate of drug-likeness (QED) is 0.429.